The number of piperidine rings is 1. The molecule has 126 valence electrons. The van der Waals surface area contributed by atoms with Gasteiger partial charge in [0, 0.05) is 62.7 Å². The fourth-order valence-corrected chi connectivity index (χ4v) is 4.63. The number of nitrogens with one attached hydrogen (secondary N) is 1. The zero-order valence-electron chi connectivity index (χ0n) is 13.5. The van der Waals surface area contributed by atoms with Crippen molar-refractivity contribution in [2.45, 2.75) is 37.8 Å². The molecule has 5 nitrogen and oxygen atoms in total. The zero-order valence-corrected chi connectivity index (χ0v) is 14.3. The number of likely N-dealkylation sites (tertiary alicyclic amines) is 1. The van der Waals surface area contributed by atoms with Crippen LogP contribution < -0.4 is 5.32 Å². The van der Waals surface area contributed by atoms with Crippen molar-refractivity contribution in [3.8, 4) is 0 Å². The van der Waals surface area contributed by atoms with E-state index >= 15 is 0 Å². The maximum atomic E-state index is 12.8. The topological polar surface area (TPSA) is 44.8 Å². The molecule has 3 saturated heterocycles. The first-order chi connectivity index (χ1) is 10.8. The van der Waals surface area contributed by atoms with E-state index in [2.05, 4.69) is 15.1 Å². The van der Waals surface area contributed by atoms with Crippen LogP contribution in [0.5, 0.6) is 0 Å². The molecule has 2 unspecified atom stereocenters. The molecule has 0 aromatic carbocycles. The lowest BCUT2D eigenvalue weighted by molar-refractivity contribution is -0.136. The number of morpholine rings is 1. The van der Waals surface area contributed by atoms with E-state index in [4.69, 9.17) is 4.74 Å². The fraction of sp³-hybridized carbons (Fsp3) is 0.938. The maximum absolute atomic E-state index is 12.8. The van der Waals surface area contributed by atoms with Crippen molar-refractivity contribution < 1.29 is 9.53 Å². The van der Waals surface area contributed by atoms with Gasteiger partial charge in [-0.05, 0) is 19.3 Å². The molecule has 0 aromatic rings. The van der Waals surface area contributed by atoms with Crippen LogP contribution >= 0.6 is 11.8 Å². The van der Waals surface area contributed by atoms with Crippen LogP contribution in [0.25, 0.3) is 0 Å². The number of thioether (sulfide) groups is 1. The summed E-state index contributed by atoms with van der Waals surface area (Å²) in [7, 11) is 0. The summed E-state index contributed by atoms with van der Waals surface area (Å²) >= 11 is 1.97. The van der Waals surface area contributed by atoms with Gasteiger partial charge in [-0.3, -0.25) is 9.69 Å². The van der Waals surface area contributed by atoms with Crippen molar-refractivity contribution in [2.75, 3.05) is 57.4 Å². The molecule has 3 fully saturated rings. The Morgan fingerprint density at radius 1 is 1.23 bits per heavy atom. The standard InChI is InChI=1S/C16H29N3O2S/c20-16(11-14-13-22-10-4-17-14)19-5-2-1-3-15(19)12-18-6-8-21-9-7-18/h14-15,17H,1-13H2. The lowest BCUT2D eigenvalue weighted by Crippen LogP contribution is -2.52. The van der Waals surface area contributed by atoms with E-state index in [-0.39, 0.29) is 0 Å². The molecule has 22 heavy (non-hydrogen) atoms. The predicted octanol–water partition coefficient (Wildman–Crippen LogP) is 0.795. The highest BCUT2D eigenvalue weighted by atomic mass is 32.2. The first kappa shape index (κ1) is 16.6. The number of hydrogen-bond acceptors (Lipinski definition) is 5. The number of hydrogen-bond donors (Lipinski definition) is 1. The zero-order chi connectivity index (χ0) is 15.2. The highest BCUT2D eigenvalue weighted by molar-refractivity contribution is 7.99. The lowest BCUT2D eigenvalue weighted by atomic mass is 10.00. The second-order valence-corrected chi connectivity index (χ2v) is 7.73. The van der Waals surface area contributed by atoms with Gasteiger partial charge in [-0.2, -0.15) is 11.8 Å². The third-order valence-corrected chi connectivity index (χ3v) is 6.07. The molecule has 2 atom stereocenters. The molecule has 0 bridgehead atoms. The van der Waals surface area contributed by atoms with Gasteiger partial charge in [0.15, 0.2) is 0 Å². The Balaban J connectivity index is 1.52. The number of rotatable bonds is 4. The Morgan fingerprint density at radius 2 is 2.09 bits per heavy atom. The minimum Gasteiger partial charge on any atom is -0.379 e. The van der Waals surface area contributed by atoms with Crippen LogP contribution in [0.1, 0.15) is 25.7 Å². The number of amides is 1. The molecule has 0 radical (unpaired) electrons. The molecule has 1 amide bonds. The number of carbonyl (C=O) groups excluding carboxylic acids is 1. The minimum atomic E-state index is 0.359. The minimum absolute atomic E-state index is 0.359. The SMILES string of the molecule is O=C(CC1CSCCN1)N1CCCCC1CN1CCOCC1. The molecule has 3 aliphatic rings. The van der Waals surface area contributed by atoms with E-state index in [1.54, 1.807) is 0 Å². The van der Waals surface area contributed by atoms with Gasteiger partial charge < -0.3 is 15.0 Å². The van der Waals surface area contributed by atoms with Crippen LogP contribution in [0, 0.1) is 0 Å². The van der Waals surface area contributed by atoms with Gasteiger partial charge in [0.05, 0.1) is 13.2 Å². The molecular formula is C16H29N3O2S. The Labute approximate surface area is 138 Å². The average molecular weight is 327 g/mol. The molecule has 3 heterocycles. The summed E-state index contributed by atoms with van der Waals surface area (Å²) in [5.74, 6) is 2.61. The van der Waals surface area contributed by atoms with Gasteiger partial charge in [0.2, 0.25) is 5.91 Å². The first-order valence-electron chi connectivity index (χ1n) is 8.73. The summed E-state index contributed by atoms with van der Waals surface area (Å²) in [5, 5.41) is 3.49. The molecule has 0 saturated carbocycles. The van der Waals surface area contributed by atoms with Gasteiger partial charge in [-0.1, -0.05) is 0 Å². The maximum Gasteiger partial charge on any atom is 0.224 e. The van der Waals surface area contributed by atoms with Crippen LogP contribution in [0.3, 0.4) is 0 Å². The Kier molecular flexibility index (Phi) is 6.41. The van der Waals surface area contributed by atoms with Gasteiger partial charge in [-0.25, -0.2) is 0 Å². The summed E-state index contributed by atoms with van der Waals surface area (Å²) in [6.45, 7) is 6.72. The third-order valence-electron chi connectivity index (χ3n) is 4.94. The van der Waals surface area contributed by atoms with Gasteiger partial charge >= 0.3 is 0 Å². The third kappa shape index (κ3) is 4.60. The van der Waals surface area contributed by atoms with Crippen molar-refractivity contribution in [1.82, 2.24) is 15.1 Å². The van der Waals surface area contributed by atoms with Crippen molar-refractivity contribution in [1.29, 1.82) is 0 Å². The quantitative estimate of drug-likeness (QED) is 0.827. The van der Waals surface area contributed by atoms with E-state index < -0.39 is 0 Å². The smallest absolute Gasteiger partial charge is 0.224 e. The Hall–Kier alpha value is -0.300. The fourth-order valence-electron chi connectivity index (χ4n) is 3.68. The average Bonchev–Trinajstić information content (AvgIpc) is 2.57. The Bertz CT molecular complexity index is 357. The Morgan fingerprint density at radius 3 is 2.86 bits per heavy atom. The molecule has 1 N–H and O–H groups in total. The molecule has 3 rings (SSSR count). The molecule has 0 spiro atoms. The molecule has 3 aliphatic heterocycles. The summed E-state index contributed by atoms with van der Waals surface area (Å²) in [6.07, 6.45) is 4.26. The molecule has 0 aliphatic carbocycles. The molecular weight excluding hydrogens is 298 g/mol. The van der Waals surface area contributed by atoms with Crippen LogP contribution in [-0.4, -0.2) is 85.2 Å². The van der Waals surface area contributed by atoms with Crippen molar-refractivity contribution in [3.63, 3.8) is 0 Å². The number of nitrogens with zero attached hydrogens (tertiary/aromatic N) is 2. The van der Waals surface area contributed by atoms with Crippen molar-refractivity contribution in [2.24, 2.45) is 0 Å². The van der Waals surface area contributed by atoms with Crippen molar-refractivity contribution in [3.05, 3.63) is 0 Å². The summed E-state index contributed by atoms with van der Waals surface area (Å²) in [6, 6.07) is 0.785. The monoisotopic (exact) mass is 327 g/mol. The summed E-state index contributed by atoms with van der Waals surface area (Å²) in [5.41, 5.74) is 0. The number of ether oxygens (including phenoxy) is 1. The predicted molar refractivity (Wildman–Crippen MR) is 90.3 cm³/mol. The molecule has 0 aromatic heterocycles. The largest absolute Gasteiger partial charge is 0.379 e. The second kappa shape index (κ2) is 8.52. The van der Waals surface area contributed by atoms with Gasteiger partial charge in [0.1, 0.15) is 0 Å². The van der Waals surface area contributed by atoms with E-state index in [0.29, 0.717) is 24.4 Å². The van der Waals surface area contributed by atoms with E-state index in [1.165, 1.54) is 12.2 Å². The lowest BCUT2D eigenvalue weighted by Gasteiger charge is -2.40. The second-order valence-electron chi connectivity index (χ2n) is 6.58. The van der Waals surface area contributed by atoms with Crippen LogP contribution in [-0.2, 0) is 9.53 Å². The number of carbonyl (C=O) groups is 1. The van der Waals surface area contributed by atoms with Crippen LogP contribution in [0.15, 0.2) is 0 Å². The van der Waals surface area contributed by atoms with Crippen LogP contribution in [0.4, 0.5) is 0 Å². The van der Waals surface area contributed by atoms with Gasteiger partial charge in [0.25, 0.3) is 0 Å². The normalized spacial score (nSPS) is 31.2. The summed E-state index contributed by atoms with van der Waals surface area (Å²) < 4.78 is 5.43. The van der Waals surface area contributed by atoms with Crippen LogP contribution in [0.2, 0.25) is 0 Å². The van der Waals surface area contributed by atoms with Crippen molar-refractivity contribution >= 4 is 17.7 Å². The van der Waals surface area contributed by atoms with E-state index in [1.807, 2.05) is 11.8 Å². The van der Waals surface area contributed by atoms with Gasteiger partial charge in [-0.15, -0.1) is 0 Å². The highest BCUT2D eigenvalue weighted by Gasteiger charge is 2.30. The highest BCUT2D eigenvalue weighted by Crippen LogP contribution is 2.21. The first-order valence-corrected chi connectivity index (χ1v) is 9.89. The molecule has 6 heteroatoms. The summed E-state index contributed by atoms with van der Waals surface area (Å²) in [4.78, 5) is 17.4. The van der Waals surface area contributed by atoms with E-state index in [9.17, 15) is 4.79 Å². The van der Waals surface area contributed by atoms with E-state index in [0.717, 1.165) is 64.5 Å².